The van der Waals surface area contributed by atoms with Crippen molar-refractivity contribution < 1.29 is 9.84 Å². The highest BCUT2D eigenvalue weighted by molar-refractivity contribution is 5.60. The van der Waals surface area contributed by atoms with Gasteiger partial charge in [0.1, 0.15) is 24.2 Å². The van der Waals surface area contributed by atoms with Crippen LogP contribution in [0.4, 0.5) is 5.69 Å². The van der Waals surface area contributed by atoms with E-state index < -0.39 is 0 Å². The van der Waals surface area contributed by atoms with Crippen LogP contribution in [0.15, 0.2) is 55.0 Å². The van der Waals surface area contributed by atoms with Gasteiger partial charge in [-0.25, -0.2) is 0 Å². The summed E-state index contributed by atoms with van der Waals surface area (Å²) in [5.74, 6) is 0.912. The van der Waals surface area contributed by atoms with Gasteiger partial charge in [0.15, 0.2) is 0 Å². The predicted molar refractivity (Wildman–Crippen MR) is 95.5 cm³/mol. The Labute approximate surface area is 150 Å². The van der Waals surface area contributed by atoms with Gasteiger partial charge < -0.3 is 14.7 Å². The molecule has 0 spiro atoms. The predicted octanol–water partition coefficient (Wildman–Crippen LogP) is 3.15. The van der Waals surface area contributed by atoms with Gasteiger partial charge in [0, 0.05) is 25.5 Å². The molecule has 0 saturated heterocycles. The van der Waals surface area contributed by atoms with Crippen LogP contribution in [0.5, 0.6) is 11.5 Å². The van der Waals surface area contributed by atoms with E-state index in [0.717, 1.165) is 30.2 Å². The zero-order chi connectivity index (χ0) is 17.9. The number of pyridine rings is 2. The molecule has 3 aromatic rings. The number of aromatic hydroxyl groups is 1. The SMILES string of the molecule is N#Cc1cnccc1N1Cc2ccc(OCc3ccc(O)cn3)cc2C1. The van der Waals surface area contributed by atoms with Crippen LogP contribution in [0.1, 0.15) is 22.4 Å². The fraction of sp³-hybridized carbons (Fsp3) is 0.150. The van der Waals surface area contributed by atoms with Crippen LogP contribution in [0, 0.1) is 11.3 Å². The van der Waals surface area contributed by atoms with E-state index in [1.807, 2.05) is 18.2 Å². The van der Waals surface area contributed by atoms with Crippen LogP contribution in [-0.4, -0.2) is 15.1 Å². The van der Waals surface area contributed by atoms with Gasteiger partial charge >= 0.3 is 0 Å². The molecule has 0 bridgehead atoms. The van der Waals surface area contributed by atoms with Gasteiger partial charge in [0.05, 0.1) is 23.1 Å². The van der Waals surface area contributed by atoms with Crippen molar-refractivity contribution in [2.45, 2.75) is 19.7 Å². The second kappa shape index (κ2) is 6.73. The minimum atomic E-state index is 0.138. The first-order valence-electron chi connectivity index (χ1n) is 8.20. The highest BCUT2D eigenvalue weighted by atomic mass is 16.5. The molecule has 0 aliphatic carbocycles. The maximum absolute atomic E-state index is 9.28. The lowest BCUT2D eigenvalue weighted by Crippen LogP contribution is -2.15. The first-order chi connectivity index (χ1) is 12.7. The topological polar surface area (TPSA) is 82.3 Å². The molecule has 0 unspecified atom stereocenters. The lowest BCUT2D eigenvalue weighted by atomic mass is 10.1. The van der Waals surface area contributed by atoms with Gasteiger partial charge in [-0.15, -0.1) is 0 Å². The van der Waals surface area contributed by atoms with E-state index in [-0.39, 0.29) is 5.75 Å². The molecule has 1 N–H and O–H groups in total. The third kappa shape index (κ3) is 3.15. The molecule has 1 aliphatic heterocycles. The molecule has 1 aliphatic rings. The standard InChI is InChI=1S/C20H16N4O2/c21-8-16-9-22-6-5-20(16)24-11-14-1-4-19(7-15(14)12-24)26-13-17-2-3-18(25)10-23-17/h1-7,9-10,25H,11-13H2. The Hall–Kier alpha value is -3.59. The summed E-state index contributed by atoms with van der Waals surface area (Å²) >= 11 is 0. The molecular formula is C20H16N4O2. The average Bonchev–Trinajstić information content (AvgIpc) is 3.10. The van der Waals surface area contributed by atoms with Crippen molar-refractivity contribution in [2.24, 2.45) is 0 Å². The molecule has 0 fully saturated rings. The van der Waals surface area contributed by atoms with Crippen molar-refractivity contribution in [2.75, 3.05) is 4.90 Å². The van der Waals surface area contributed by atoms with E-state index >= 15 is 0 Å². The summed E-state index contributed by atoms with van der Waals surface area (Å²) < 4.78 is 5.82. The number of nitriles is 1. The fourth-order valence-corrected chi connectivity index (χ4v) is 3.04. The van der Waals surface area contributed by atoms with Crippen molar-refractivity contribution in [1.29, 1.82) is 5.26 Å². The smallest absolute Gasteiger partial charge is 0.133 e. The maximum Gasteiger partial charge on any atom is 0.133 e. The van der Waals surface area contributed by atoms with Crippen LogP contribution < -0.4 is 9.64 Å². The van der Waals surface area contributed by atoms with E-state index in [9.17, 15) is 10.4 Å². The third-order valence-electron chi connectivity index (χ3n) is 4.36. The Balaban J connectivity index is 1.48. The monoisotopic (exact) mass is 344 g/mol. The fourth-order valence-electron chi connectivity index (χ4n) is 3.04. The molecule has 0 atom stereocenters. The molecule has 6 heteroatoms. The van der Waals surface area contributed by atoms with E-state index in [1.54, 1.807) is 24.5 Å². The molecular weight excluding hydrogens is 328 g/mol. The molecule has 2 aromatic heterocycles. The third-order valence-corrected chi connectivity index (χ3v) is 4.36. The number of anilines is 1. The number of hydrogen-bond donors (Lipinski definition) is 1. The average molecular weight is 344 g/mol. The Morgan fingerprint density at radius 2 is 2.00 bits per heavy atom. The lowest BCUT2D eigenvalue weighted by molar-refractivity contribution is 0.300. The highest BCUT2D eigenvalue weighted by Gasteiger charge is 2.21. The number of benzene rings is 1. The minimum Gasteiger partial charge on any atom is -0.506 e. The van der Waals surface area contributed by atoms with Crippen LogP contribution in [0.2, 0.25) is 0 Å². The van der Waals surface area contributed by atoms with E-state index in [4.69, 9.17) is 4.74 Å². The second-order valence-electron chi connectivity index (χ2n) is 6.09. The van der Waals surface area contributed by atoms with Gasteiger partial charge in [-0.1, -0.05) is 6.07 Å². The minimum absolute atomic E-state index is 0.138. The lowest BCUT2D eigenvalue weighted by Gasteiger charge is -2.18. The molecule has 26 heavy (non-hydrogen) atoms. The van der Waals surface area contributed by atoms with Crippen LogP contribution in [0.3, 0.4) is 0 Å². The zero-order valence-electron chi connectivity index (χ0n) is 14.0. The molecule has 0 radical (unpaired) electrons. The van der Waals surface area contributed by atoms with Crippen LogP contribution in [-0.2, 0) is 19.7 Å². The quantitative estimate of drug-likeness (QED) is 0.783. The summed E-state index contributed by atoms with van der Waals surface area (Å²) in [6.07, 6.45) is 4.70. The summed E-state index contributed by atoms with van der Waals surface area (Å²) in [4.78, 5) is 10.3. The molecule has 4 rings (SSSR count). The Morgan fingerprint density at radius 3 is 2.81 bits per heavy atom. The van der Waals surface area contributed by atoms with Crippen molar-refractivity contribution in [1.82, 2.24) is 9.97 Å². The summed E-state index contributed by atoms with van der Waals surface area (Å²) in [5.41, 5.74) is 4.63. The summed E-state index contributed by atoms with van der Waals surface area (Å²) in [7, 11) is 0. The first-order valence-corrected chi connectivity index (χ1v) is 8.20. The number of fused-ring (bicyclic) bond motifs is 1. The summed E-state index contributed by atoms with van der Waals surface area (Å²) in [6, 6.07) is 13.4. The largest absolute Gasteiger partial charge is 0.506 e. The first kappa shape index (κ1) is 15.9. The van der Waals surface area contributed by atoms with Gasteiger partial charge in [-0.2, -0.15) is 5.26 Å². The van der Waals surface area contributed by atoms with Crippen LogP contribution in [0.25, 0.3) is 0 Å². The Kier molecular flexibility index (Phi) is 4.12. The van der Waals surface area contributed by atoms with E-state index in [1.165, 1.54) is 17.3 Å². The number of rotatable bonds is 4. The maximum atomic E-state index is 9.28. The zero-order valence-corrected chi connectivity index (χ0v) is 14.0. The van der Waals surface area contributed by atoms with Crippen molar-refractivity contribution >= 4 is 5.69 Å². The van der Waals surface area contributed by atoms with Gasteiger partial charge in [0.25, 0.3) is 0 Å². The Bertz CT molecular complexity index is 980. The summed E-state index contributed by atoms with van der Waals surface area (Å²) in [5, 5.41) is 18.5. The molecule has 1 aromatic carbocycles. The van der Waals surface area contributed by atoms with Gasteiger partial charge in [0.2, 0.25) is 0 Å². The molecule has 6 nitrogen and oxygen atoms in total. The van der Waals surface area contributed by atoms with Crippen molar-refractivity contribution in [3.8, 4) is 17.6 Å². The van der Waals surface area contributed by atoms with E-state index in [2.05, 4.69) is 27.0 Å². The highest BCUT2D eigenvalue weighted by Crippen LogP contribution is 2.32. The normalized spacial score (nSPS) is 12.5. The molecule has 3 heterocycles. The number of nitrogens with zero attached hydrogens (tertiary/aromatic N) is 4. The molecule has 128 valence electrons. The second-order valence-corrected chi connectivity index (χ2v) is 6.09. The molecule has 0 amide bonds. The van der Waals surface area contributed by atoms with Crippen LogP contribution >= 0.6 is 0 Å². The van der Waals surface area contributed by atoms with Gasteiger partial charge in [-0.05, 0) is 41.5 Å². The Morgan fingerprint density at radius 1 is 1.12 bits per heavy atom. The van der Waals surface area contributed by atoms with E-state index in [0.29, 0.717) is 12.2 Å². The van der Waals surface area contributed by atoms with Gasteiger partial charge in [-0.3, -0.25) is 9.97 Å². The summed E-state index contributed by atoms with van der Waals surface area (Å²) in [6.45, 7) is 1.82. The molecule has 0 saturated carbocycles. The van der Waals surface area contributed by atoms with Crippen molar-refractivity contribution in [3.05, 3.63) is 77.4 Å². The van der Waals surface area contributed by atoms with Crippen molar-refractivity contribution in [3.63, 3.8) is 0 Å². The number of ether oxygens (including phenoxy) is 1. The number of hydrogen-bond acceptors (Lipinski definition) is 6. The number of aromatic nitrogens is 2.